The fraction of sp³-hybridized carbons (Fsp3) is 0.200. The Balaban J connectivity index is 2.36. The van der Waals surface area contributed by atoms with E-state index in [1.807, 2.05) is 6.92 Å². The van der Waals surface area contributed by atoms with E-state index in [1.165, 1.54) is 16.7 Å². The van der Waals surface area contributed by atoms with E-state index in [9.17, 15) is 4.79 Å². The second-order valence-electron chi connectivity index (χ2n) is 4.20. The SMILES string of the molecule is C=CCN1C(=O)C(=Cc2cc(Cl)ccc2OCC)SC1=S. The average molecular weight is 340 g/mol. The minimum Gasteiger partial charge on any atom is -0.493 e. The van der Waals surface area contributed by atoms with E-state index >= 15 is 0 Å². The van der Waals surface area contributed by atoms with Crippen molar-refractivity contribution in [3.63, 3.8) is 0 Å². The molecule has 1 amide bonds. The topological polar surface area (TPSA) is 29.5 Å². The number of hydrogen-bond acceptors (Lipinski definition) is 4. The van der Waals surface area contributed by atoms with E-state index in [4.69, 9.17) is 28.6 Å². The first-order valence-electron chi connectivity index (χ1n) is 6.35. The molecule has 3 nitrogen and oxygen atoms in total. The zero-order valence-corrected chi connectivity index (χ0v) is 13.9. The smallest absolute Gasteiger partial charge is 0.266 e. The van der Waals surface area contributed by atoms with Crippen molar-refractivity contribution in [1.82, 2.24) is 4.90 Å². The summed E-state index contributed by atoms with van der Waals surface area (Å²) in [5.74, 6) is 0.572. The summed E-state index contributed by atoms with van der Waals surface area (Å²) in [4.78, 5) is 14.4. The predicted octanol–water partition coefficient (Wildman–Crippen LogP) is 4.13. The Morgan fingerprint density at radius 1 is 1.52 bits per heavy atom. The third-order valence-corrected chi connectivity index (χ3v) is 4.36. The fourth-order valence-corrected chi connectivity index (χ4v) is 3.29. The van der Waals surface area contributed by atoms with Crippen molar-refractivity contribution >= 4 is 51.9 Å². The van der Waals surface area contributed by atoms with Crippen LogP contribution in [0.2, 0.25) is 5.02 Å². The minimum atomic E-state index is -0.118. The molecule has 0 unspecified atom stereocenters. The lowest BCUT2D eigenvalue weighted by Gasteiger charge is -2.10. The van der Waals surface area contributed by atoms with Crippen molar-refractivity contribution in [1.29, 1.82) is 0 Å². The Labute approximate surface area is 138 Å². The maximum atomic E-state index is 12.3. The van der Waals surface area contributed by atoms with Crippen molar-refractivity contribution < 1.29 is 9.53 Å². The number of amides is 1. The van der Waals surface area contributed by atoms with Crippen LogP contribution in [0.4, 0.5) is 0 Å². The maximum absolute atomic E-state index is 12.3. The van der Waals surface area contributed by atoms with Crippen LogP contribution in [0, 0.1) is 0 Å². The van der Waals surface area contributed by atoms with Crippen LogP contribution < -0.4 is 4.74 Å². The quantitative estimate of drug-likeness (QED) is 0.458. The van der Waals surface area contributed by atoms with Crippen molar-refractivity contribution in [2.75, 3.05) is 13.2 Å². The molecule has 1 aromatic rings. The molecule has 0 bridgehead atoms. The van der Waals surface area contributed by atoms with Gasteiger partial charge in [0.1, 0.15) is 10.1 Å². The molecule has 1 aliphatic rings. The van der Waals surface area contributed by atoms with E-state index in [1.54, 1.807) is 30.4 Å². The number of ether oxygens (including phenoxy) is 1. The monoisotopic (exact) mass is 339 g/mol. The lowest BCUT2D eigenvalue weighted by atomic mass is 10.2. The van der Waals surface area contributed by atoms with Gasteiger partial charge in [0.15, 0.2) is 0 Å². The zero-order chi connectivity index (χ0) is 15.4. The lowest BCUT2D eigenvalue weighted by Crippen LogP contribution is -2.27. The van der Waals surface area contributed by atoms with E-state index in [0.29, 0.717) is 33.1 Å². The van der Waals surface area contributed by atoms with Crippen LogP contribution in [0.3, 0.4) is 0 Å². The minimum absolute atomic E-state index is 0.118. The summed E-state index contributed by atoms with van der Waals surface area (Å²) < 4.78 is 6.09. The van der Waals surface area contributed by atoms with Gasteiger partial charge < -0.3 is 4.74 Å². The highest BCUT2D eigenvalue weighted by Crippen LogP contribution is 2.34. The molecule has 1 heterocycles. The summed E-state index contributed by atoms with van der Waals surface area (Å²) in [6.07, 6.45) is 3.41. The highest BCUT2D eigenvalue weighted by Gasteiger charge is 2.31. The highest BCUT2D eigenvalue weighted by molar-refractivity contribution is 8.26. The summed E-state index contributed by atoms with van der Waals surface area (Å²) in [6, 6.07) is 5.32. The number of thiocarbonyl (C=S) groups is 1. The molecule has 1 aliphatic heterocycles. The van der Waals surface area contributed by atoms with Crippen LogP contribution in [-0.2, 0) is 4.79 Å². The van der Waals surface area contributed by atoms with E-state index in [-0.39, 0.29) is 5.91 Å². The molecule has 110 valence electrons. The number of carbonyl (C=O) groups is 1. The number of rotatable bonds is 5. The molecule has 0 saturated carbocycles. The van der Waals surface area contributed by atoms with E-state index in [2.05, 4.69) is 6.58 Å². The second kappa shape index (κ2) is 7.11. The van der Waals surface area contributed by atoms with Crippen molar-refractivity contribution in [3.05, 3.63) is 46.3 Å². The normalized spacial score (nSPS) is 16.7. The molecule has 21 heavy (non-hydrogen) atoms. The maximum Gasteiger partial charge on any atom is 0.266 e. The summed E-state index contributed by atoms with van der Waals surface area (Å²) in [5, 5.41) is 0.589. The molecule has 0 spiro atoms. The zero-order valence-electron chi connectivity index (χ0n) is 11.5. The van der Waals surface area contributed by atoms with E-state index < -0.39 is 0 Å². The van der Waals surface area contributed by atoms with Crippen LogP contribution in [0.15, 0.2) is 35.8 Å². The highest BCUT2D eigenvalue weighted by atomic mass is 35.5. The van der Waals surface area contributed by atoms with Gasteiger partial charge in [-0.3, -0.25) is 9.69 Å². The van der Waals surface area contributed by atoms with Gasteiger partial charge in [-0.25, -0.2) is 0 Å². The second-order valence-corrected chi connectivity index (χ2v) is 6.31. The van der Waals surface area contributed by atoms with Gasteiger partial charge >= 0.3 is 0 Å². The summed E-state index contributed by atoms with van der Waals surface area (Å²) in [5.41, 5.74) is 0.767. The van der Waals surface area contributed by atoms with Crippen molar-refractivity contribution in [3.8, 4) is 5.75 Å². The molecule has 6 heteroatoms. The molecule has 1 saturated heterocycles. The Kier molecular flexibility index (Phi) is 5.45. The van der Waals surface area contributed by atoms with Gasteiger partial charge in [-0.05, 0) is 31.2 Å². The Morgan fingerprint density at radius 3 is 2.95 bits per heavy atom. The number of carbonyl (C=O) groups excluding carboxylic acids is 1. The molecule has 0 radical (unpaired) electrons. The molecule has 1 aromatic carbocycles. The number of benzene rings is 1. The van der Waals surface area contributed by atoms with Crippen LogP contribution in [0.25, 0.3) is 6.08 Å². The number of thioether (sulfide) groups is 1. The third-order valence-electron chi connectivity index (χ3n) is 2.74. The van der Waals surface area contributed by atoms with Gasteiger partial charge in [-0.2, -0.15) is 0 Å². The Bertz CT molecular complexity index is 628. The standard InChI is InChI=1S/C15H14ClNO2S2/c1-3-7-17-14(18)13(21-15(17)20)9-10-8-11(16)5-6-12(10)19-4-2/h3,5-6,8-9H,1,4,7H2,2H3. The van der Waals surface area contributed by atoms with Gasteiger partial charge in [0.2, 0.25) is 0 Å². The largest absolute Gasteiger partial charge is 0.493 e. The van der Waals surface area contributed by atoms with Crippen LogP contribution >= 0.6 is 35.6 Å². The molecular weight excluding hydrogens is 326 g/mol. The fourth-order valence-electron chi connectivity index (χ4n) is 1.85. The summed E-state index contributed by atoms with van der Waals surface area (Å²) in [6.45, 7) is 6.49. The van der Waals surface area contributed by atoms with Crippen molar-refractivity contribution in [2.24, 2.45) is 0 Å². The lowest BCUT2D eigenvalue weighted by molar-refractivity contribution is -0.121. The van der Waals surface area contributed by atoms with Gasteiger partial charge in [0, 0.05) is 17.1 Å². The van der Waals surface area contributed by atoms with Gasteiger partial charge in [0.25, 0.3) is 5.91 Å². The molecule has 0 aromatic heterocycles. The van der Waals surface area contributed by atoms with Crippen LogP contribution in [0.1, 0.15) is 12.5 Å². The first-order valence-corrected chi connectivity index (χ1v) is 7.95. The van der Waals surface area contributed by atoms with Gasteiger partial charge in [-0.15, -0.1) is 6.58 Å². The summed E-state index contributed by atoms with van der Waals surface area (Å²) >= 11 is 12.5. The van der Waals surface area contributed by atoms with E-state index in [0.717, 1.165) is 5.56 Å². The molecule has 1 fully saturated rings. The molecule has 0 aliphatic carbocycles. The first kappa shape index (κ1) is 16.1. The molecule has 2 rings (SSSR count). The van der Waals surface area contributed by atoms with Gasteiger partial charge in [-0.1, -0.05) is 41.7 Å². The predicted molar refractivity (Wildman–Crippen MR) is 92.7 cm³/mol. The number of hydrogen-bond donors (Lipinski definition) is 0. The van der Waals surface area contributed by atoms with Gasteiger partial charge in [0.05, 0.1) is 11.5 Å². The number of nitrogens with zero attached hydrogens (tertiary/aromatic N) is 1. The van der Waals surface area contributed by atoms with Crippen molar-refractivity contribution in [2.45, 2.75) is 6.92 Å². The molecular formula is C15H14ClNO2S2. The first-order chi connectivity index (χ1) is 10.1. The van der Waals surface area contributed by atoms with Crippen LogP contribution in [0.5, 0.6) is 5.75 Å². The molecule has 0 N–H and O–H groups in total. The Hall–Kier alpha value is -1.30. The Morgan fingerprint density at radius 2 is 2.29 bits per heavy atom. The number of halogens is 1. The average Bonchev–Trinajstić information content (AvgIpc) is 2.70. The molecule has 0 atom stereocenters. The summed E-state index contributed by atoms with van der Waals surface area (Å²) in [7, 11) is 0. The van der Waals surface area contributed by atoms with Crippen LogP contribution in [-0.4, -0.2) is 28.3 Å². The third kappa shape index (κ3) is 3.67.